The van der Waals surface area contributed by atoms with Crippen molar-refractivity contribution < 1.29 is 14.3 Å². The summed E-state index contributed by atoms with van der Waals surface area (Å²) in [6.07, 6.45) is 2.82. The van der Waals surface area contributed by atoms with Crippen molar-refractivity contribution in [1.82, 2.24) is 20.4 Å². The van der Waals surface area contributed by atoms with E-state index >= 15 is 0 Å². The van der Waals surface area contributed by atoms with Gasteiger partial charge in [-0.05, 0) is 43.7 Å². The van der Waals surface area contributed by atoms with Gasteiger partial charge in [0.1, 0.15) is 5.75 Å². The summed E-state index contributed by atoms with van der Waals surface area (Å²) < 4.78 is 6.20. The highest BCUT2D eigenvalue weighted by Crippen LogP contribution is 2.34. The lowest BCUT2D eigenvalue weighted by atomic mass is 9.95. The van der Waals surface area contributed by atoms with Crippen LogP contribution in [0.5, 0.6) is 5.75 Å². The van der Waals surface area contributed by atoms with E-state index in [1.807, 2.05) is 49.1 Å². The molecule has 1 fully saturated rings. The molecule has 0 atom stereocenters. The quantitative estimate of drug-likeness (QED) is 0.669. The van der Waals surface area contributed by atoms with Crippen molar-refractivity contribution in [2.75, 3.05) is 13.1 Å². The molecule has 1 spiro atoms. The number of ether oxygens (including phenoxy) is 1. The van der Waals surface area contributed by atoms with Gasteiger partial charge in [0.15, 0.2) is 5.72 Å². The van der Waals surface area contributed by atoms with E-state index in [9.17, 15) is 9.59 Å². The predicted octanol–water partition coefficient (Wildman–Crippen LogP) is 2.93. The molecular formula is C22H22N4O3. The number of nitrogens with one attached hydrogen (secondary N) is 2. The zero-order chi connectivity index (χ0) is 20.2. The Kier molecular flexibility index (Phi) is 3.87. The molecule has 0 aliphatic carbocycles. The summed E-state index contributed by atoms with van der Waals surface area (Å²) in [5.74, 6) is 0.486. The number of carbonyl (C=O) groups is 2. The maximum atomic E-state index is 13.1. The fourth-order valence-corrected chi connectivity index (χ4v) is 4.26. The molecule has 0 saturated carbocycles. The lowest BCUT2D eigenvalue weighted by Crippen LogP contribution is -2.61. The summed E-state index contributed by atoms with van der Waals surface area (Å²) in [5, 5.41) is 11.0. The molecule has 3 heterocycles. The van der Waals surface area contributed by atoms with Gasteiger partial charge in [-0.15, -0.1) is 0 Å². The lowest BCUT2D eigenvalue weighted by molar-refractivity contribution is -0.0245. The Bertz CT molecular complexity index is 1140. The number of aromatic amines is 1. The Morgan fingerprint density at radius 1 is 1.17 bits per heavy atom. The minimum absolute atomic E-state index is 0.00999. The van der Waals surface area contributed by atoms with Crippen LogP contribution in [0.15, 0.2) is 36.5 Å². The van der Waals surface area contributed by atoms with Crippen molar-refractivity contribution >= 4 is 22.7 Å². The minimum Gasteiger partial charge on any atom is -0.467 e. The van der Waals surface area contributed by atoms with Crippen LogP contribution in [0.25, 0.3) is 10.9 Å². The van der Waals surface area contributed by atoms with Gasteiger partial charge < -0.3 is 15.0 Å². The van der Waals surface area contributed by atoms with Crippen LogP contribution in [0.2, 0.25) is 0 Å². The summed E-state index contributed by atoms with van der Waals surface area (Å²) in [6.45, 7) is 4.95. The van der Waals surface area contributed by atoms with E-state index in [1.54, 1.807) is 6.20 Å². The second kappa shape index (κ2) is 6.34. The first-order valence-corrected chi connectivity index (χ1v) is 9.79. The van der Waals surface area contributed by atoms with Gasteiger partial charge in [0.05, 0.1) is 17.3 Å². The van der Waals surface area contributed by atoms with Gasteiger partial charge in [-0.25, -0.2) is 0 Å². The minimum atomic E-state index is -0.749. The molecule has 7 nitrogen and oxygen atoms in total. The smallest absolute Gasteiger partial charge is 0.258 e. The van der Waals surface area contributed by atoms with Crippen LogP contribution < -0.4 is 10.1 Å². The molecule has 5 rings (SSSR count). The SMILES string of the molecule is Cc1ccc2c(c1)C(=O)NC1(CCN(C(=O)c3cc(C)c4[nH]ncc4c3)CC1)O2. The second-order valence-corrected chi connectivity index (χ2v) is 7.97. The second-order valence-electron chi connectivity index (χ2n) is 7.97. The van der Waals surface area contributed by atoms with E-state index in [-0.39, 0.29) is 11.8 Å². The highest BCUT2D eigenvalue weighted by Gasteiger charge is 2.43. The standard InChI is InChI=1S/C22H22N4O3/c1-13-3-4-18-17(9-13)20(27)24-22(29-18)5-7-26(8-6-22)21(28)15-10-14(2)19-16(11-15)12-23-25-19/h3-4,9-12H,5-8H2,1-2H3,(H,23,25)(H,24,27). The molecule has 2 aliphatic rings. The van der Waals surface area contributed by atoms with Gasteiger partial charge in [-0.3, -0.25) is 14.7 Å². The topological polar surface area (TPSA) is 87.3 Å². The number of aryl methyl sites for hydroxylation is 2. The van der Waals surface area contributed by atoms with Crippen LogP contribution in [0.4, 0.5) is 0 Å². The number of piperidine rings is 1. The summed E-state index contributed by atoms with van der Waals surface area (Å²) in [5.41, 5.74) is 3.43. The number of hydrogen-bond acceptors (Lipinski definition) is 4. The van der Waals surface area contributed by atoms with Crippen LogP contribution in [0.3, 0.4) is 0 Å². The van der Waals surface area contributed by atoms with E-state index in [0.717, 1.165) is 22.0 Å². The van der Waals surface area contributed by atoms with Crippen LogP contribution in [-0.4, -0.2) is 45.7 Å². The third-order valence-corrected chi connectivity index (χ3v) is 5.88. The fraction of sp³-hybridized carbons (Fsp3) is 0.318. The molecule has 3 aromatic rings. The number of nitrogens with zero attached hydrogens (tertiary/aromatic N) is 2. The average molecular weight is 390 g/mol. The van der Waals surface area contributed by atoms with Crippen LogP contribution in [0, 0.1) is 13.8 Å². The zero-order valence-corrected chi connectivity index (χ0v) is 16.4. The van der Waals surface area contributed by atoms with E-state index in [0.29, 0.717) is 42.8 Å². The monoisotopic (exact) mass is 390 g/mol. The van der Waals surface area contributed by atoms with E-state index in [4.69, 9.17) is 4.74 Å². The lowest BCUT2D eigenvalue weighted by Gasteiger charge is -2.44. The van der Waals surface area contributed by atoms with Gasteiger partial charge in [0.25, 0.3) is 11.8 Å². The van der Waals surface area contributed by atoms with Crippen LogP contribution in [0.1, 0.15) is 44.7 Å². The Morgan fingerprint density at radius 2 is 1.97 bits per heavy atom. The summed E-state index contributed by atoms with van der Waals surface area (Å²) in [4.78, 5) is 27.5. The molecule has 29 heavy (non-hydrogen) atoms. The Hall–Kier alpha value is -3.35. The Labute approximate surface area is 168 Å². The summed E-state index contributed by atoms with van der Waals surface area (Å²) >= 11 is 0. The first kappa shape index (κ1) is 17.7. The summed E-state index contributed by atoms with van der Waals surface area (Å²) in [7, 11) is 0. The molecule has 2 aliphatic heterocycles. The van der Waals surface area contributed by atoms with Gasteiger partial charge in [-0.1, -0.05) is 11.6 Å². The normalized spacial score (nSPS) is 17.7. The molecule has 2 amide bonds. The molecule has 7 heteroatoms. The van der Waals surface area contributed by atoms with Gasteiger partial charge in [-0.2, -0.15) is 5.10 Å². The highest BCUT2D eigenvalue weighted by molar-refractivity contribution is 5.99. The summed E-state index contributed by atoms with van der Waals surface area (Å²) in [6, 6.07) is 9.40. The molecule has 1 saturated heterocycles. The number of H-pyrrole nitrogens is 1. The molecule has 1 aromatic heterocycles. The first-order chi connectivity index (χ1) is 13.9. The van der Waals surface area contributed by atoms with Crippen LogP contribution in [-0.2, 0) is 0 Å². The molecule has 0 radical (unpaired) electrons. The average Bonchev–Trinajstić information content (AvgIpc) is 3.18. The largest absolute Gasteiger partial charge is 0.467 e. The van der Waals surface area contributed by atoms with Crippen molar-refractivity contribution in [2.45, 2.75) is 32.4 Å². The number of rotatable bonds is 1. The van der Waals surface area contributed by atoms with Crippen molar-refractivity contribution in [1.29, 1.82) is 0 Å². The Balaban J connectivity index is 1.34. The third kappa shape index (κ3) is 2.93. The number of hydrogen-bond donors (Lipinski definition) is 2. The van der Waals surface area contributed by atoms with Gasteiger partial charge >= 0.3 is 0 Å². The van der Waals surface area contributed by atoms with Crippen molar-refractivity contribution in [2.24, 2.45) is 0 Å². The molecule has 2 aromatic carbocycles. The van der Waals surface area contributed by atoms with E-state index in [1.165, 1.54) is 0 Å². The maximum absolute atomic E-state index is 13.1. The van der Waals surface area contributed by atoms with E-state index in [2.05, 4.69) is 15.5 Å². The van der Waals surface area contributed by atoms with Crippen LogP contribution >= 0.6 is 0 Å². The van der Waals surface area contributed by atoms with Crippen molar-refractivity contribution in [3.05, 3.63) is 58.8 Å². The number of fused-ring (bicyclic) bond motifs is 2. The molecular weight excluding hydrogens is 368 g/mol. The van der Waals surface area contributed by atoms with Gasteiger partial charge in [0.2, 0.25) is 0 Å². The Morgan fingerprint density at radius 3 is 2.76 bits per heavy atom. The highest BCUT2D eigenvalue weighted by atomic mass is 16.5. The van der Waals surface area contributed by atoms with Gasteiger partial charge in [0, 0.05) is 36.9 Å². The molecule has 0 unspecified atom stereocenters. The number of amides is 2. The number of carbonyl (C=O) groups excluding carboxylic acids is 2. The predicted molar refractivity (Wildman–Crippen MR) is 108 cm³/mol. The van der Waals surface area contributed by atoms with Crippen molar-refractivity contribution in [3.8, 4) is 5.75 Å². The molecule has 0 bridgehead atoms. The third-order valence-electron chi connectivity index (χ3n) is 5.88. The first-order valence-electron chi connectivity index (χ1n) is 9.79. The van der Waals surface area contributed by atoms with E-state index < -0.39 is 5.72 Å². The number of aromatic nitrogens is 2. The number of likely N-dealkylation sites (tertiary alicyclic amines) is 1. The fourth-order valence-electron chi connectivity index (χ4n) is 4.26. The number of benzene rings is 2. The molecule has 2 N–H and O–H groups in total. The van der Waals surface area contributed by atoms with Crippen molar-refractivity contribution in [3.63, 3.8) is 0 Å². The zero-order valence-electron chi connectivity index (χ0n) is 16.4. The molecule has 148 valence electrons. The maximum Gasteiger partial charge on any atom is 0.258 e.